The van der Waals surface area contributed by atoms with E-state index in [1.807, 2.05) is 12.1 Å². The maximum Gasteiger partial charge on any atom is 0.272 e. The number of rotatable bonds is 4. The van der Waals surface area contributed by atoms with Crippen LogP contribution in [0, 0.1) is 17.0 Å². The number of carbonyl (C=O) groups excluding carboxylic acids is 1. The largest absolute Gasteiger partial charge is 0.493 e. The van der Waals surface area contributed by atoms with Crippen LogP contribution in [0.3, 0.4) is 0 Å². The van der Waals surface area contributed by atoms with Gasteiger partial charge in [-0.25, -0.2) is 0 Å². The van der Waals surface area contributed by atoms with E-state index < -0.39 is 4.92 Å². The number of amides is 1. The summed E-state index contributed by atoms with van der Waals surface area (Å²) in [6.07, 6.45) is 0.645. The van der Waals surface area contributed by atoms with Gasteiger partial charge in [-0.15, -0.1) is 0 Å². The minimum absolute atomic E-state index is 0.00815. The molecule has 140 valence electrons. The first-order chi connectivity index (χ1) is 12.9. The van der Waals surface area contributed by atoms with E-state index >= 15 is 0 Å². The lowest BCUT2D eigenvalue weighted by Gasteiger charge is -2.31. The number of hydrogen-bond acceptors (Lipinski definition) is 5. The van der Waals surface area contributed by atoms with Gasteiger partial charge in [0, 0.05) is 35.0 Å². The number of nitro benzene ring substituents is 1. The fourth-order valence-corrected chi connectivity index (χ4v) is 3.28. The molecule has 1 heterocycles. The molecule has 0 bridgehead atoms. The zero-order valence-corrected chi connectivity index (χ0v) is 15.4. The fourth-order valence-electron chi connectivity index (χ4n) is 3.28. The fraction of sp³-hybridized carbons (Fsp3) is 0.250. The van der Waals surface area contributed by atoms with E-state index in [4.69, 9.17) is 9.47 Å². The number of nitrogens with zero attached hydrogens (tertiary/aromatic N) is 2. The van der Waals surface area contributed by atoms with Gasteiger partial charge in [-0.05, 0) is 43.2 Å². The topological polar surface area (TPSA) is 81.9 Å². The van der Waals surface area contributed by atoms with Gasteiger partial charge in [0.05, 0.1) is 19.1 Å². The maximum absolute atomic E-state index is 13.0. The van der Waals surface area contributed by atoms with Gasteiger partial charge in [0.2, 0.25) is 0 Å². The summed E-state index contributed by atoms with van der Waals surface area (Å²) in [7, 11) is 3.13. The van der Waals surface area contributed by atoms with Crippen molar-refractivity contribution in [1.82, 2.24) is 4.90 Å². The van der Waals surface area contributed by atoms with Crippen LogP contribution in [0.15, 0.2) is 36.9 Å². The van der Waals surface area contributed by atoms with Crippen LogP contribution < -0.4 is 9.47 Å². The van der Waals surface area contributed by atoms with Crippen molar-refractivity contribution in [2.75, 3.05) is 20.8 Å². The highest BCUT2D eigenvalue weighted by Gasteiger charge is 2.27. The molecule has 0 fully saturated rings. The lowest BCUT2D eigenvalue weighted by Crippen LogP contribution is -2.34. The Hall–Kier alpha value is -3.35. The number of aryl methyl sites for hydroxylation is 1. The molecule has 0 aromatic heterocycles. The summed E-state index contributed by atoms with van der Waals surface area (Å²) in [5, 5.41) is 11.0. The molecule has 3 rings (SSSR count). The molecule has 0 saturated carbocycles. The normalized spacial score (nSPS) is 13.1. The predicted molar refractivity (Wildman–Crippen MR) is 101 cm³/mol. The van der Waals surface area contributed by atoms with Gasteiger partial charge in [-0.3, -0.25) is 14.9 Å². The summed E-state index contributed by atoms with van der Waals surface area (Å²) >= 11 is 0. The summed E-state index contributed by atoms with van der Waals surface area (Å²) < 4.78 is 10.7. The molecular weight excluding hydrogens is 348 g/mol. The van der Waals surface area contributed by atoms with E-state index in [9.17, 15) is 14.9 Å². The van der Waals surface area contributed by atoms with Crippen molar-refractivity contribution in [3.63, 3.8) is 0 Å². The Morgan fingerprint density at radius 3 is 2.44 bits per heavy atom. The number of benzene rings is 2. The zero-order valence-electron chi connectivity index (χ0n) is 15.4. The van der Waals surface area contributed by atoms with E-state index in [1.54, 1.807) is 26.0 Å². The SMILES string of the molecule is C=C1c2cc(OC)c(OC)cc2CCN1C(=O)c1ccc([N+](=O)[O-])c(C)c1. The summed E-state index contributed by atoms with van der Waals surface area (Å²) in [6, 6.07) is 8.09. The third kappa shape index (κ3) is 3.23. The smallest absolute Gasteiger partial charge is 0.272 e. The number of fused-ring (bicyclic) bond motifs is 1. The molecule has 0 N–H and O–H groups in total. The van der Waals surface area contributed by atoms with Crippen molar-refractivity contribution in [3.05, 3.63) is 69.3 Å². The van der Waals surface area contributed by atoms with Gasteiger partial charge in [0.15, 0.2) is 11.5 Å². The average Bonchev–Trinajstić information content (AvgIpc) is 2.66. The van der Waals surface area contributed by atoms with Crippen molar-refractivity contribution < 1.29 is 19.2 Å². The van der Waals surface area contributed by atoms with Gasteiger partial charge in [-0.2, -0.15) is 0 Å². The Kier molecular flexibility index (Phi) is 4.85. The van der Waals surface area contributed by atoms with E-state index in [1.165, 1.54) is 18.2 Å². The molecule has 0 radical (unpaired) electrons. The lowest BCUT2D eigenvalue weighted by atomic mass is 9.95. The molecule has 1 aliphatic rings. The lowest BCUT2D eigenvalue weighted by molar-refractivity contribution is -0.385. The van der Waals surface area contributed by atoms with Gasteiger partial charge in [0.1, 0.15) is 0 Å². The molecule has 0 saturated heterocycles. The van der Waals surface area contributed by atoms with E-state index in [0.717, 1.165) is 11.1 Å². The Morgan fingerprint density at radius 1 is 1.19 bits per heavy atom. The van der Waals surface area contributed by atoms with Crippen LogP contribution in [0.25, 0.3) is 5.70 Å². The van der Waals surface area contributed by atoms with Crippen LogP contribution in [-0.2, 0) is 6.42 Å². The highest BCUT2D eigenvalue weighted by molar-refractivity contribution is 6.00. The quantitative estimate of drug-likeness (QED) is 0.608. The number of carbonyl (C=O) groups is 1. The first kappa shape index (κ1) is 18.4. The Bertz CT molecular complexity index is 952. The monoisotopic (exact) mass is 368 g/mol. The Labute approximate surface area is 157 Å². The Morgan fingerprint density at radius 2 is 1.85 bits per heavy atom. The van der Waals surface area contributed by atoms with Crippen LogP contribution in [0.2, 0.25) is 0 Å². The van der Waals surface area contributed by atoms with Crippen molar-refractivity contribution in [2.45, 2.75) is 13.3 Å². The zero-order chi connectivity index (χ0) is 19.7. The molecule has 1 aliphatic heterocycles. The number of hydrogen-bond donors (Lipinski definition) is 0. The van der Waals surface area contributed by atoms with Gasteiger partial charge in [0.25, 0.3) is 11.6 Å². The summed E-state index contributed by atoms with van der Waals surface area (Å²) in [5.74, 6) is 0.964. The molecule has 7 nitrogen and oxygen atoms in total. The first-order valence-corrected chi connectivity index (χ1v) is 8.38. The minimum atomic E-state index is -0.459. The first-order valence-electron chi connectivity index (χ1n) is 8.38. The number of nitro groups is 1. The van der Waals surface area contributed by atoms with Crippen molar-refractivity contribution in [3.8, 4) is 11.5 Å². The summed E-state index contributed by atoms with van der Waals surface area (Å²) in [4.78, 5) is 25.1. The molecule has 7 heteroatoms. The highest BCUT2D eigenvalue weighted by atomic mass is 16.6. The Balaban J connectivity index is 1.94. The third-order valence-corrected chi connectivity index (χ3v) is 4.74. The second-order valence-corrected chi connectivity index (χ2v) is 6.28. The predicted octanol–water partition coefficient (Wildman–Crippen LogP) is 3.59. The molecule has 0 atom stereocenters. The molecular formula is C20H20N2O5. The second-order valence-electron chi connectivity index (χ2n) is 6.28. The third-order valence-electron chi connectivity index (χ3n) is 4.74. The van der Waals surface area contributed by atoms with Crippen molar-refractivity contribution >= 4 is 17.3 Å². The highest BCUT2D eigenvalue weighted by Crippen LogP contribution is 2.37. The minimum Gasteiger partial charge on any atom is -0.493 e. The molecule has 27 heavy (non-hydrogen) atoms. The summed E-state index contributed by atoms with van der Waals surface area (Å²) in [5.41, 5.74) is 3.25. The molecule has 2 aromatic rings. The van der Waals surface area contributed by atoms with Crippen LogP contribution in [0.1, 0.15) is 27.0 Å². The van der Waals surface area contributed by atoms with Gasteiger partial charge in [-0.1, -0.05) is 6.58 Å². The van der Waals surface area contributed by atoms with E-state index in [-0.39, 0.29) is 11.6 Å². The maximum atomic E-state index is 13.0. The van der Waals surface area contributed by atoms with Crippen LogP contribution in [0.4, 0.5) is 5.69 Å². The summed E-state index contributed by atoms with van der Waals surface area (Å²) in [6.45, 7) is 6.17. The number of ether oxygens (including phenoxy) is 2. The molecule has 1 amide bonds. The molecule has 2 aromatic carbocycles. The van der Waals surface area contributed by atoms with Crippen LogP contribution >= 0.6 is 0 Å². The van der Waals surface area contributed by atoms with Crippen molar-refractivity contribution in [1.29, 1.82) is 0 Å². The van der Waals surface area contributed by atoms with E-state index in [2.05, 4.69) is 6.58 Å². The average molecular weight is 368 g/mol. The van der Waals surface area contributed by atoms with Crippen LogP contribution in [-0.4, -0.2) is 36.5 Å². The van der Waals surface area contributed by atoms with Crippen molar-refractivity contribution in [2.24, 2.45) is 0 Å². The number of methoxy groups -OCH3 is 2. The van der Waals surface area contributed by atoms with E-state index in [0.29, 0.717) is 41.3 Å². The van der Waals surface area contributed by atoms with Gasteiger partial charge < -0.3 is 14.4 Å². The van der Waals surface area contributed by atoms with Crippen LogP contribution in [0.5, 0.6) is 11.5 Å². The van der Waals surface area contributed by atoms with Gasteiger partial charge >= 0.3 is 0 Å². The molecule has 0 spiro atoms. The standard InChI is InChI=1S/C20H20N2O5/c1-12-9-15(5-6-17(12)22(24)25)20(23)21-8-7-14-10-18(26-3)19(27-4)11-16(14)13(21)2/h5-6,9-11H,2,7-8H2,1,3-4H3. The molecule has 0 unspecified atom stereocenters. The molecule has 0 aliphatic carbocycles. The second kappa shape index (κ2) is 7.11.